The Balaban J connectivity index is 1.47. The summed E-state index contributed by atoms with van der Waals surface area (Å²) < 4.78 is 38.7. The number of methoxy groups -OCH3 is 1. The Hall–Kier alpha value is -3.84. The zero-order chi connectivity index (χ0) is 29.4. The molecule has 0 bridgehead atoms. The molecule has 1 aliphatic rings. The van der Waals surface area contributed by atoms with E-state index in [9.17, 15) is 22.8 Å². The topological polar surface area (TPSA) is 152 Å². The first-order chi connectivity index (χ1) is 19.7. The lowest BCUT2D eigenvalue weighted by Gasteiger charge is -2.28. The Morgan fingerprint density at radius 3 is 2.34 bits per heavy atom. The Bertz CT molecular complexity index is 1490. The normalized spacial score (nSPS) is 15.0. The average molecular weight is 583 g/mol. The summed E-state index contributed by atoms with van der Waals surface area (Å²) in [5.41, 5.74) is 1.75. The molecule has 2 atom stereocenters. The number of ether oxygens (including phenoxy) is 2. The number of carbonyl (C=O) groups excluding carboxylic acids is 3. The number of fused-ring (bicyclic) bond motifs is 1. The minimum absolute atomic E-state index is 0.0602. The SMILES string of the molecule is COC[C@H](NC(=O)[C@H](CC(=O)NC1COC1)NS(=O)(=O)c1ccc(C)cc1)C(=O)NCc1cccc2ccccc12. The standard InChI is InChI=1S/C29H34N4O7S/c1-19-10-12-23(13-11-19)41(37,38)33-25(14-27(34)31-22-16-40-17-22)29(36)32-26(18-39-2)28(35)30-15-21-8-5-7-20-6-3-4-9-24(20)21/h3-13,22,25-26,33H,14-18H2,1-2H3,(H,30,35)(H,31,34)(H,32,36)/t25-,26-/m0/s1. The van der Waals surface area contributed by atoms with Gasteiger partial charge in [0.1, 0.15) is 12.1 Å². The minimum Gasteiger partial charge on any atom is -0.382 e. The van der Waals surface area contributed by atoms with E-state index in [1.807, 2.05) is 49.4 Å². The summed E-state index contributed by atoms with van der Waals surface area (Å²) in [6, 6.07) is 16.8. The molecule has 0 aromatic heterocycles. The van der Waals surface area contributed by atoms with E-state index in [4.69, 9.17) is 9.47 Å². The molecule has 11 nitrogen and oxygen atoms in total. The van der Waals surface area contributed by atoms with Crippen LogP contribution in [0.2, 0.25) is 0 Å². The predicted molar refractivity (Wildman–Crippen MR) is 152 cm³/mol. The van der Waals surface area contributed by atoms with Crippen LogP contribution in [0, 0.1) is 6.92 Å². The molecule has 0 radical (unpaired) electrons. The molecule has 0 spiro atoms. The number of nitrogens with one attached hydrogen (secondary N) is 4. The summed E-state index contributed by atoms with van der Waals surface area (Å²) in [5, 5.41) is 10.1. The lowest BCUT2D eigenvalue weighted by Crippen LogP contribution is -2.57. The molecular weight excluding hydrogens is 548 g/mol. The molecule has 12 heteroatoms. The van der Waals surface area contributed by atoms with Crippen molar-refractivity contribution in [3.63, 3.8) is 0 Å². The van der Waals surface area contributed by atoms with E-state index < -0.39 is 46.2 Å². The lowest BCUT2D eigenvalue weighted by molar-refractivity contribution is -0.133. The third-order valence-corrected chi connectivity index (χ3v) is 8.12. The molecule has 3 aromatic rings. The van der Waals surface area contributed by atoms with Crippen LogP contribution < -0.4 is 20.7 Å². The van der Waals surface area contributed by atoms with Gasteiger partial charge in [0.2, 0.25) is 27.7 Å². The lowest BCUT2D eigenvalue weighted by atomic mass is 10.0. The Kier molecular flexibility index (Phi) is 10.1. The van der Waals surface area contributed by atoms with Crippen LogP contribution in [-0.4, -0.2) is 71.2 Å². The quantitative estimate of drug-likeness (QED) is 0.236. The molecule has 3 amide bonds. The minimum atomic E-state index is -4.17. The van der Waals surface area contributed by atoms with Gasteiger partial charge in [0.05, 0.1) is 37.2 Å². The Morgan fingerprint density at radius 1 is 0.951 bits per heavy atom. The van der Waals surface area contributed by atoms with Crippen LogP contribution >= 0.6 is 0 Å². The maximum Gasteiger partial charge on any atom is 0.245 e. The molecule has 1 aliphatic heterocycles. The average Bonchev–Trinajstić information content (AvgIpc) is 2.93. The fourth-order valence-corrected chi connectivity index (χ4v) is 5.52. The highest BCUT2D eigenvalue weighted by atomic mass is 32.2. The summed E-state index contributed by atoms with van der Waals surface area (Å²) in [6.07, 6.45) is -0.481. The molecule has 41 heavy (non-hydrogen) atoms. The number of carbonyl (C=O) groups is 3. The van der Waals surface area contributed by atoms with E-state index in [0.29, 0.717) is 13.2 Å². The van der Waals surface area contributed by atoms with E-state index >= 15 is 0 Å². The van der Waals surface area contributed by atoms with Gasteiger partial charge in [0.25, 0.3) is 0 Å². The van der Waals surface area contributed by atoms with Crippen molar-refractivity contribution in [2.24, 2.45) is 0 Å². The number of amides is 3. The van der Waals surface area contributed by atoms with Crippen molar-refractivity contribution in [2.75, 3.05) is 26.9 Å². The van der Waals surface area contributed by atoms with Crippen LogP contribution in [0.25, 0.3) is 10.8 Å². The Labute approximate surface area is 239 Å². The number of rotatable bonds is 13. The summed E-state index contributed by atoms with van der Waals surface area (Å²) in [7, 11) is -2.79. The fourth-order valence-electron chi connectivity index (χ4n) is 4.33. The smallest absolute Gasteiger partial charge is 0.245 e. The third kappa shape index (κ3) is 8.10. The van der Waals surface area contributed by atoms with E-state index in [1.165, 1.54) is 19.2 Å². The van der Waals surface area contributed by atoms with Gasteiger partial charge in [-0.2, -0.15) is 4.72 Å². The van der Waals surface area contributed by atoms with Crippen molar-refractivity contribution in [3.8, 4) is 0 Å². The summed E-state index contributed by atoms with van der Waals surface area (Å²) in [5.74, 6) is -1.90. The zero-order valence-corrected chi connectivity index (χ0v) is 23.7. The zero-order valence-electron chi connectivity index (χ0n) is 22.9. The van der Waals surface area contributed by atoms with Gasteiger partial charge in [-0.05, 0) is 35.4 Å². The molecule has 1 saturated heterocycles. The number of hydrogen-bond acceptors (Lipinski definition) is 7. The molecule has 1 fully saturated rings. The number of hydrogen-bond donors (Lipinski definition) is 4. The monoisotopic (exact) mass is 582 g/mol. The molecule has 218 valence electrons. The van der Waals surface area contributed by atoms with Crippen molar-refractivity contribution in [1.29, 1.82) is 0 Å². The number of aryl methyl sites for hydroxylation is 1. The highest BCUT2D eigenvalue weighted by Crippen LogP contribution is 2.18. The van der Waals surface area contributed by atoms with Crippen LogP contribution in [0.1, 0.15) is 17.5 Å². The Morgan fingerprint density at radius 2 is 1.66 bits per heavy atom. The van der Waals surface area contributed by atoms with Gasteiger partial charge in [-0.25, -0.2) is 8.42 Å². The van der Waals surface area contributed by atoms with E-state index in [2.05, 4.69) is 20.7 Å². The highest BCUT2D eigenvalue weighted by molar-refractivity contribution is 7.89. The molecule has 0 aliphatic carbocycles. The summed E-state index contributed by atoms with van der Waals surface area (Å²) in [4.78, 5) is 39.1. The van der Waals surface area contributed by atoms with E-state index in [1.54, 1.807) is 12.1 Å². The van der Waals surface area contributed by atoms with Gasteiger partial charge in [-0.15, -0.1) is 0 Å². The van der Waals surface area contributed by atoms with Crippen molar-refractivity contribution in [3.05, 3.63) is 77.9 Å². The molecule has 0 unspecified atom stereocenters. The fraction of sp³-hybridized carbons (Fsp3) is 0.345. The van der Waals surface area contributed by atoms with Crippen LogP contribution in [0.4, 0.5) is 0 Å². The van der Waals surface area contributed by atoms with Crippen molar-refractivity contribution >= 4 is 38.5 Å². The maximum atomic E-state index is 13.4. The number of sulfonamides is 1. The second kappa shape index (κ2) is 13.7. The van der Waals surface area contributed by atoms with Crippen molar-refractivity contribution < 1.29 is 32.3 Å². The first-order valence-corrected chi connectivity index (χ1v) is 14.6. The predicted octanol–water partition coefficient (Wildman–Crippen LogP) is 1.15. The molecule has 1 heterocycles. The largest absolute Gasteiger partial charge is 0.382 e. The molecule has 3 aromatic carbocycles. The van der Waals surface area contributed by atoms with Gasteiger partial charge in [0, 0.05) is 13.7 Å². The van der Waals surface area contributed by atoms with Crippen LogP contribution in [0.3, 0.4) is 0 Å². The number of benzene rings is 3. The summed E-state index contributed by atoms with van der Waals surface area (Å²) in [6.45, 7) is 2.52. The molecule has 4 N–H and O–H groups in total. The van der Waals surface area contributed by atoms with Gasteiger partial charge in [0.15, 0.2) is 0 Å². The first kappa shape index (κ1) is 30.1. The highest BCUT2D eigenvalue weighted by Gasteiger charge is 2.32. The molecule has 0 saturated carbocycles. The van der Waals surface area contributed by atoms with Crippen molar-refractivity contribution in [1.82, 2.24) is 20.7 Å². The first-order valence-electron chi connectivity index (χ1n) is 13.2. The van der Waals surface area contributed by atoms with Gasteiger partial charge < -0.3 is 25.4 Å². The summed E-state index contributed by atoms with van der Waals surface area (Å²) >= 11 is 0. The third-order valence-electron chi connectivity index (χ3n) is 6.64. The molecule has 4 rings (SSSR count). The second-order valence-corrected chi connectivity index (χ2v) is 11.6. The maximum absolute atomic E-state index is 13.4. The van der Waals surface area contributed by atoms with Gasteiger partial charge in [-0.1, -0.05) is 60.2 Å². The van der Waals surface area contributed by atoms with Crippen LogP contribution in [-0.2, 0) is 40.4 Å². The van der Waals surface area contributed by atoms with Gasteiger partial charge >= 0.3 is 0 Å². The van der Waals surface area contributed by atoms with Gasteiger partial charge in [-0.3, -0.25) is 14.4 Å². The van der Waals surface area contributed by atoms with Crippen LogP contribution in [0.5, 0.6) is 0 Å². The molecular formula is C29H34N4O7S. The van der Waals surface area contributed by atoms with Crippen molar-refractivity contribution in [2.45, 2.75) is 42.9 Å². The second-order valence-electron chi connectivity index (χ2n) is 9.87. The van der Waals surface area contributed by atoms with Crippen LogP contribution in [0.15, 0.2) is 71.6 Å². The van der Waals surface area contributed by atoms with E-state index in [0.717, 1.165) is 21.9 Å². The van der Waals surface area contributed by atoms with E-state index in [-0.39, 0.29) is 24.1 Å².